The first-order valence-electron chi connectivity index (χ1n) is 4.56. The van der Waals surface area contributed by atoms with Crippen LogP contribution in [0.2, 0.25) is 5.15 Å². The van der Waals surface area contributed by atoms with E-state index in [-0.39, 0.29) is 22.3 Å². The molecule has 1 aromatic heterocycles. The van der Waals surface area contributed by atoms with Gasteiger partial charge in [0.1, 0.15) is 29.3 Å². The Kier molecular flexibility index (Phi) is 3.06. The van der Waals surface area contributed by atoms with Crippen LogP contribution in [0.25, 0.3) is 0 Å². The van der Waals surface area contributed by atoms with Gasteiger partial charge < -0.3 is 11.1 Å². The SMILES string of the molecule is Nc1c(Cl)ncnc1Nc1c(F)cccc1F. The highest BCUT2D eigenvalue weighted by Gasteiger charge is 2.12. The first-order valence-corrected chi connectivity index (χ1v) is 4.94. The van der Waals surface area contributed by atoms with E-state index >= 15 is 0 Å². The molecule has 0 atom stereocenters. The monoisotopic (exact) mass is 256 g/mol. The molecule has 0 radical (unpaired) electrons. The molecule has 17 heavy (non-hydrogen) atoms. The Hall–Kier alpha value is -1.95. The van der Waals surface area contributed by atoms with Crippen LogP contribution in [0.5, 0.6) is 0 Å². The van der Waals surface area contributed by atoms with Crippen molar-refractivity contribution in [3.63, 3.8) is 0 Å². The second kappa shape index (κ2) is 4.50. The van der Waals surface area contributed by atoms with E-state index in [9.17, 15) is 8.78 Å². The third kappa shape index (κ3) is 2.26. The lowest BCUT2D eigenvalue weighted by Gasteiger charge is -2.09. The van der Waals surface area contributed by atoms with Crippen molar-refractivity contribution in [3.05, 3.63) is 41.3 Å². The Morgan fingerprint density at radius 3 is 2.47 bits per heavy atom. The quantitative estimate of drug-likeness (QED) is 0.811. The minimum Gasteiger partial charge on any atom is -0.393 e. The summed E-state index contributed by atoms with van der Waals surface area (Å²) >= 11 is 5.66. The molecule has 4 nitrogen and oxygen atoms in total. The molecule has 0 bridgehead atoms. The first-order chi connectivity index (χ1) is 8.09. The van der Waals surface area contributed by atoms with E-state index in [0.29, 0.717) is 0 Å². The molecule has 3 N–H and O–H groups in total. The van der Waals surface area contributed by atoms with E-state index in [1.54, 1.807) is 0 Å². The van der Waals surface area contributed by atoms with Crippen LogP contribution in [0.3, 0.4) is 0 Å². The number of aromatic nitrogens is 2. The topological polar surface area (TPSA) is 63.8 Å². The zero-order valence-corrected chi connectivity index (χ0v) is 9.17. The number of hydrogen-bond acceptors (Lipinski definition) is 4. The fourth-order valence-electron chi connectivity index (χ4n) is 1.21. The molecule has 2 aromatic rings. The third-order valence-electron chi connectivity index (χ3n) is 2.04. The predicted molar refractivity (Wildman–Crippen MR) is 61.1 cm³/mol. The van der Waals surface area contributed by atoms with Crippen LogP contribution >= 0.6 is 11.6 Å². The number of anilines is 3. The van der Waals surface area contributed by atoms with E-state index in [0.717, 1.165) is 18.5 Å². The molecule has 0 spiro atoms. The van der Waals surface area contributed by atoms with Gasteiger partial charge in [-0.15, -0.1) is 0 Å². The van der Waals surface area contributed by atoms with Gasteiger partial charge in [0.2, 0.25) is 0 Å². The van der Waals surface area contributed by atoms with E-state index < -0.39 is 11.6 Å². The third-order valence-corrected chi connectivity index (χ3v) is 2.34. The van der Waals surface area contributed by atoms with Gasteiger partial charge in [0, 0.05) is 0 Å². The number of benzene rings is 1. The van der Waals surface area contributed by atoms with E-state index in [4.69, 9.17) is 17.3 Å². The lowest BCUT2D eigenvalue weighted by molar-refractivity contribution is 0.590. The first kappa shape index (κ1) is 11.5. The summed E-state index contributed by atoms with van der Waals surface area (Å²) in [6.07, 6.45) is 1.14. The Bertz CT molecular complexity index is 542. The molecular formula is C10H7ClF2N4. The Morgan fingerprint density at radius 1 is 1.18 bits per heavy atom. The molecule has 0 amide bonds. The highest BCUT2D eigenvalue weighted by atomic mass is 35.5. The number of nitrogens with one attached hydrogen (secondary N) is 1. The van der Waals surface area contributed by atoms with Crippen molar-refractivity contribution in [2.75, 3.05) is 11.1 Å². The van der Waals surface area contributed by atoms with Crippen molar-refractivity contribution in [1.29, 1.82) is 0 Å². The van der Waals surface area contributed by atoms with Gasteiger partial charge in [-0.05, 0) is 12.1 Å². The lowest BCUT2D eigenvalue weighted by Crippen LogP contribution is -2.03. The van der Waals surface area contributed by atoms with Crippen molar-refractivity contribution in [2.24, 2.45) is 0 Å². The van der Waals surface area contributed by atoms with Crippen molar-refractivity contribution in [3.8, 4) is 0 Å². The number of nitrogen functional groups attached to an aromatic ring is 1. The van der Waals surface area contributed by atoms with Crippen molar-refractivity contribution in [2.45, 2.75) is 0 Å². The largest absolute Gasteiger partial charge is 0.393 e. The normalized spacial score (nSPS) is 10.3. The fraction of sp³-hybridized carbons (Fsp3) is 0. The van der Waals surface area contributed by atoms with Gasteiger partial charge in [0.05, 0.1) is 0 Å². The zero-order chi connectivity index (χ0) is 12.4. The van der Waals surface area contributed by atoms with Crippen LogP contribution in [0, 0.1) is 11.6 Å². The Balaban J connectivity index is 2.42. The number of rotatable bonds is 2. The van der Waals surface area contributed by atoms with E-state index in [2.05, 4.69) is 15.3 Å². The van der Waals surface area contributed by atoms with Gasteiger partial charge in [0.15, 0.2) is 11.0 Å². The van der Waals surface area contributed by atoms with Crippen LogP contribution in [-0.2, 0) is 0 Å². The summed E-state index contributed by atoms with van der Waals surface area (Å²) in [6.45, 7) is 0. The lowest BCUT2D eigenvalue weighted by atomic mass is 10.3. The average Bonchev–Trinajstić information content (AvgIpc) is 2.29. The van der Waals surface area contributed by atoms with Crippen molar-refractivity contribution >= 4 is 28.8 Å². The molecular weight excluding hydrogens is 250 g/mol. The molecule has 0 fully saturated rings. The highest BCUT2D eigenvalue weighted by molar-refractivity contribution is 6.32. The molecule has 0 aliphatic heterocycles. The standard InChI is InChI=1S/C10H7ClF2N4/c11-9-7(14)10(16-4-15-9)17-8-5(12)2-1-3-6(8)13/h1-4H,14H2,(H,15,16,17). The van der Waals surface area contributed by atoms with Crippen LogP contribution in [0.4, 0.5) is 26.0 Å². The molecule has 0 saturated heterocycles. The van der Waals surface area contributed by atoms with Crippen LogP contribution < -0.4 is 11.1 Å². The van der Waals surface area contributed by atoms with Crippen molar-refractivity contribution < 1.29 is 8.78 Å². The van der Waals surface area contributed by atoms with E-state index in [1.807, 2.05) is 0 Å². The van der Waals surface area contributed by atoms with Crippen LogP contribution in [-0.4, -0.2) is 9.97 Å². The average molecular weight is 257 g/mol. The number of nitrogens with two attached hydrogens (primary N) is 1. The van der Waals surface area contributed by atoms with Crippen LogP contribution in [0.15, 0.2) is 24.5 Å². The van der Waals surface area contributed by atoms with Crippen LogP contribution in [0.1, 0.15) is 0 Å². The van der Waals surface area contributed by atoms with Gasteiger partial charge >= 0.3 is 0 Å². The minimum absolute atomic E-state index is 0.0132. The molecule has 0 aliphatic rings. The Labute approximate surface area is 100 Å². The van der Waals surface area contributed by atoms with E-state index in [1.165, 1.54) is 6.07 Å². The molecule has 88 valence electrons. The molecule has 1 aromatic carbocycles. The second-order valence-electron chi connectivity index (χ2n) is 3.15. The maximum Gasteiger partial charge on any atom is 0.158 e. The molecule has 2 rings (SSSR count). The Morgan fingerprint density at radius 2 is 1.82 bits per heavy atom. The summed E-state index contributed by atoms with van der Waals surface area (Å²) in [7, 11) is 0. The summed E-state index contributed by atoms with van der Waals surface area (Å²) in [5, 5.41) is 2.45. The summed E-state index contributed by atoms with van der Waals surface area (Å²) < 4.78 is 26.7. The summed E-state index contributed by atoms with van der Waals surface area (Å²) in [6, 6.07) is 3.49. The number of nitrogens with zero attached hydrogens (tertiary/aromatic N) is 2. The van der Waals surface area contributed by atoms with Crippen molar-refractivity contribution in [1.82, 2.24) is 9.97 Å². The molecule has 0 aliphatic carbocycles. The maximum atomic E-state index is 13.3. The fourth-order valence-corrected chi connectivity index (χ4v) is 1.34. The van der Waals surface area contributed by atoms with Gasteiger partial charge in [-0.1, -0.05) is 17.7 Å². The number of para-hydroxylation sites is 1. The predicted octanol–water partition coefficient (Wildman–Crippen LogP) is 2.73. The molecule has 1 heterocycles. The zero-order valence-electron chi connectivity index (χ0n) is 8.42. The number of halogens is 3. The second-order valence-corrected chi connectivity index (χ2v) is 3.51. The summed E-state index contributed by atoms with van der Waals surface area (Å²) in [5.74, 6) is -1.45. The molecule has 7 heteroatoms. The summed E-state index contributed by atoms with van der Waals surface area (Å²) in [5.41, 5.74) is 5.25. The van der Waals surface area contributed by atoms with Gasteiger partial charge in [-0.3, -0.25) is 0 Å². The van der Waals surface area contributed by atoms with Gasteiger partial charge in [-0.2, -0.15) is 0 Å². The summed E-state index contributed by atoms with van der Waals surface area (Å²) in [4.78, 5) is 7.38. The number of hydrogen-bond donors (Lipinski definition) is 2. The molecule has 0 unspecified atom stereocenters. The van der Waals surface area contributed by atoms with Gasteiger partial charge in [0.25, 0.3) is 0 Å². The highest BCUT2D eigenvalue weighted by Crippen LogP contribution is 2.27. The molecule has 0 saturated carbocycles. The smallest absolute Gasteiger partial charge is 0.158 e. The van der Waals surface area contributed by atoms with Gasteiger partial charge in [-0.25, -0.2) is 18.7 Å². The minimum atomic E-state index is -0.751. The maximum absolute atomic E-state index is 13.3.